The molecule has 0 saturated carbocycles. The molecule has 0 aromatic heterocycles. The van der Waals surface area contributed by atoms with Crippen LogP contribution < -0.4 is 10.2 Å². The summed E-state index contributed by atoms with van der Waals surface area (Å²) in [7, 11) is 3.86. The average molecular weight is 208 g/mol. The second kappa shape index (κ2) is 5.49. The first-order valence-corrected chi connectivity index (χ1v) is 5.40. The predicted octanol–water partition coefficient (Wildman–Crippen LogP) is 2.67. The molecule has 2 N–H and O–H groups in total. The highest BCUT2D eigenvalue weighted by atomic mass is 16.3. The van der Waals surface area contributed by atoms with Crippen LogP contribution >= 0.6 is 0 Å². The maximum Gasteiger partial charge on any atom is 0.140 e. The summed E-state index contributed by atoms with van der Waals surface area (Å²) in [5.41, 5.74) is 1.85. The molecule has 0 unspecified atom stereocenters. The number of phenolic OH excluding ortho intramolecular Hbond substituents is 1. The highest BCUT2D eigenvalue weighted by molar-refractivity contribution is 5.75. The van der Waals surface area contributed by atoms with E-state index >= 15 is 0 Å². The van der Waals surface area contributed by atoms with Crippen molar-refractivity contribution in [3.05, 3.63) is 18.2 Å². The topological polar surface area (TPSA) is 35.5 Å². The van der Waals surface area contributed by atoms with Gasteiger partial charge < -0.3 is 15.3 Å². The van der Waals surface area contributed by atoms with Crippen molar-refractivity contribution in [1.82, 2.24) is 0 Å². The van der Waals surface area contributed by atoms with Gasteiger partial charge in [-0.05, 0) is 18.6 Å². The van der Waals surface area contributed by atoms with Gasteiger partial charge in [0.25, 0.3) is 0 Å². The molecule has 1 rings (SSSR count). The summed E-state index contributed by atoms with van der Waals surface area (Å²) < 4.78 is 0. The van der Waals surface area contributed by atoms with E-state index in [0.717, 1.165) is 24.3 Å². The lowest BCUT2D eigenvalue weighted by atomic mass is 10.2. The van der Waals surface area contributed by atoms with Gasteiger partial charge in [0.05, 0.1) is 5.69 Å². The standard InChI is InChI=1S/C12H20N2O/c1-4-5-9-13-10-7-6-8-11(15)12(10)14(2)3/h6-8,13,15H,4-5,9H2,1-3H3. The monoisotopic (exact) mass is 208 g/mol. The van der Waals surface area contributed by atoms with E-state index in [0.29, 0.717) is 5.75 Å². The number of benzene rings is 1. The van der Waals surface area contributed by atoms with Gasteiger partial charge in [-0.3, -0.25) is 0 Å². The number of nitrogens with zero attached hydrogens (tertiary/aromatic N) is 1. The summed E-state index contributed by atoms with van der Waals surface area (Å²) in [5.74, 6) is 0.321. The zero-order chi connectivity index (χ0) is 11.3. The average Bonchev–Trinajstić information content (AvgIpc) is 2.17. The summed E-state index contributed by atoms with van der Waals surface area (Å²) in [6.07, 6.45) is 2.31. The lowest BCUT2D eigenvalue weighted by Gasteiger charge is -2.19. The van der Waals surface area contributed by atoms with Crippen molar-refractivity contribution >= 4 is 11.4 Å². The van der Waals surface area contributed by atoms with Crippen molar-refractivity contribution in [2.24, 2.45) is 0 Å². The lowest BCUT2D eigenvalue weighted by molar-refractivity contribution is 0.476. The van der Waals surface area contributed by atoms with Crippen LogP contribution in [0.15, 0.2) is 18.2 Å². The van der Waals surface area contributed by atoms with Gasteiger partial charge in [-0.25, -0.2) is 0 Å². The Kier molecular flexibility index (Phi) is 4.28. The Bertz CT molecular complexity index is 310. The molecule has 1 aromatic carbocycles. The van der Waals surface area contributed by atoms with Crippen molar-refractivity contribution < 1.29 is 5.11 Å². The fourth-order valence-corrected chi connectivity index (χ4v) is 1.54. The molecule has 0 heterocycles. The van der Waals surface area contributed by atoms with E-state index in [9.17, 15) is 5.11 Å². The molecule has 15 heavy (non-hydrogen) atoms. The van der Waals surface area contributed by atoms with E-state index in [4.69, 9.17) is 0 Å². The molecular weight excluding hydrogens is 188 g/mol. The lowest BCUT2D eigenvalue weighted by Crippen LogP contribution is -2.12. The van der Waals surface area contributed by atoms with Gasteiger partial charge in [0.15, 0.2) is 0 Å². The van der Waals surface area contributed by atoms with Crippen molar-refractivity contribution in [3.63, 3.8) is 0 Å². The maximum atomic E-state index is 9.74. The van der Waals surface area contributed by atoms with Gasteiger partial charge in [-0.1, -0.05) is 19.4 Å². The Morgan fingerprint density at radius 3 is 2.67 bits per heavy atom. The van der Waals surface area contributed by atoms with Crippen LogP contribution in [0.25, 0.3) is 0 Å². The normalized spacial score (nSPS) is 10.1. The van der Waals surface area contributed by atoms with E-state index in [1.54, 1.807) is 6.07 Å². The van der Waals surface area contributed by atoms with Crippen molar-refractivity contribution in [3.8, 4) is 5.75 Å². The number of anilines is 2. The minimum Gasteiger partial charge on any atom is -0.506 e. The molecule has 0 aliphatic heterocycles. The van der Waals surface area contributed by atoms with E-state index in [1.807, 2.05) is 31.1 Å². The van der Waals surface area contributed by atoms with E-state index in [2.05, 4.69) is 12.2 Å². The Balaban J connectivity index is 2.81. The Hall–Kier alpha value is -1.38. The van der Waals surface area contributed by atoms with Gasteiger partial charge in [-0.15, -0.1) is 0 Å². The molecule has 0 fully saturated rings. The number of phenols is 1. The van der Waals surface area contributed by atoms with Crippen LogP contribution in [0.2, 0.25) is 0 Å². The number of rotatable bonds is 5. The largest absolute Gasteiger partial charge is 0.506 e. The van der Waals surface area contributed by atoms with Crippen molar-refractivity contribution in [2.75, 3.05) is 30.9 Å². The highest BCUT2D eigenvalue weighted by Gasteiger charge is 2.08. The number of hydrogen-bond donors (Lipinski definition) is 2. The summed E-state index contributed by atoms with van der Waals surface area (Å²) in [6, 6.07) is 5.56. The van der Waals surface area contributed by atoms with Gasteiger partial charge in [0.1, 0.15) is 11.4 Å². The molecule has 0 aliphatic rings. The number of hydrogen-bond acceptors (Lipinski definition) is 3. The SMILES string of the molecule is CCCCNc1cccc(O)c1N(C)C. The summed E-state index contributed by atoms with van der Waals surface area (Å²) in [6.45, 7) is 3.11. The first-order valence-electron chi connectivity index (χ1n) is 5.40. The van der Waals surface area contributed by atoms with Crippen LogP contribution in [0, 0.1) is 0 Å². The molecular formula is C12H20N2O. The van der Waals surface area contributed by atoms with E-state index in [1.165, 1.54) is 6.42 Å². The molecule has 0 saturated heterocycles. The van der Waals surface area contributed by atoms with Crippen LogP contribution in [-0.2, 0) is 0 Å². The van der Waals surface area contributed by atoms with E-state index < -0.39 is 0 Å². The second-order valence-electron chi connectivity index (χ2n) is 3.85. The Morgan fingerprint density at radius 2 is 2.07 bits per heavy atom. The third-order valence-corrected chi connectivity index (χ3v) is 2.31. The number of nitrogens with one attached hydrogen (secondary N) is 1. The smallest absolute Gasteiger partial charge is 0.140 e. The molecule has 3 heteroatoms. The maximum absolute atomic E-state index is 9.74. The molecule has 3 nitrogen and oxygen atoms in total. The van der Waals surface area contributed by atoms with Crippen molar-refractivity contribution in [2.45, 2.75) is 19.8 Å². The molecule has 0 radical (unpaired) electrons. The van der Waals surface area contributed by atoms with Gasteiger partial charge in [0.2, 0.25) is 0 Å². The molecule has 0 amide bonds. The third-order valence-electron chi connectivity index (χ3n) is 2.31. The number of unbranched alkanes of at least 4 members (excludes halogenated alkanes) is 1. The zero-order valence-corrected chi connectivity index (χ0v) is 9.75. The number of aromatic hydroxyl groups is 1. The molecule has 0 atom stereocenters. The first kappa shape index (κ1) is 11.7. The minimum atomic E-state index is 0.321. The van der Waals surface area contributed by atoms with E-state index in [-0.39, 0.29) is 0 Å². The second-order valence-corrected chi connectivity index (χ2v) is 3.85. The first-order chi connectivity index (χ1) is 7.16. The van der Waals surface area contributed by atoms with Crippen LogP contribution in [0.3, 0.4) is 0 Å². The summed E-state index contributed by atoms with van der Waals surface area (Å²) in [5, 5.41) is 13.1. The molecule has 0 spiro atoms. The Morgan fingerprint density at radius 1 is 1.33 bits per heavy atom. The van der Waals surface area contributed by atoms with Crippen molar-refractivity contribution in [1.29, 1.82) is 0 Å². The van der Waals surface area contributed by atoms with Gasteiger partial charge in [0, 0.05) is 20.6 Å². The van der Waals surface area contributed by atoms with Gasteiger partial charge in [-0.2, -0.15) is 0 Å². The zero-order valence-electron chi connectivity index (χ0n) is 9.75. The molecule has 0 aliphatic carbocycles. The minimum absolute atomic E-state index is 0.321. The molecule has 1 aromatic rings. The molecule has 84 valence electrons. The van der Waals surface area contributed by atoms with Crippen LogP contribution in [0.5, 0.6) is 5.75 Å². The summed E-state index contributed by atoms with van der Waals surface area (Å²) in [4.78, 5) is 1.92. The number of para-hydroxylation sites is 1. The fraction of sp³-hybridized carbons (Fsp3) is 0.500. The van der Waals surface area contributed by atoms with Crippen LogP contribution in [-0.4, -0.2) is 25.7 Å². The Labute approximate surface area is 91.7 Å². The quantitative estimate of drug-likeness (QED) is 0.730. The molecule has 0 bridgehead atoms. The van der Waals surface area contributed by atoms with Crippen LogP contribution in [0.4, 0.5) is 11.4 Å². The third kappa shape index (κ3) is 3.05. The van der Waals surface area contributed by atoms with Gasteiger partial charge >= 0.3 is 0 Å². The fourth-order valence-electron chi connectivity index (χ4n) is 1.54. The summed E-state index contributed by atoms with van der Waals surface area (Å²) >= 11 is 0. The van der Waals surface area contributed by atoms with Crippen LogP contribution in [0.1, 0.15) is 19.8 Å². The highest BCUT2D eigenvalue weighted by Crippen LogP contribution is 2.33. The predicted molar refractivity (Wildman–Crippen MR) is 65.8 cm³/mol.